The van der Waals surface area contributed by atoms with Crippen LogP contribution in [0, 0.1) is 0 Å². The van der Waals surface area contributed by atoms with Crippen LogP contribution in [-0.4, -0.2) is 9.13 Å². The zero-order chi connectivity index (χ0) is 33.8. The number of benzene rings is 8. The highest BCUT2D eigenvalue weighted by molar-refractivity contribution is 6.12. The second kappa shape index (κ2) is 10.3. The standard InChI is InChI=1S/C49H34N2/c1-49(2)43-16-8-5-13-37(43)38-25-23-36(30-44(38)49)50-46-18-10-7-15-40(46)42-28-33(21-26-47(42)50)34-20-24-41-39-14-6-9-17-45(39)51(48(41)29-34)35-22-19-31-11-3-4-12-32(31)27-35/h3-30H,1-2H3. The maximum Gasteiger partial charge on any atom is 0.0547 e. The van der Waals surface area contributed by atoms with Gasteiger partial charge in [0.15, 0.2) is 0 Å². The fourth-order valence-corrected chi connectivity index (χ4v) is 9.01. The van der Waals surface area contributed by atoms with E-state index in [1.54, 1.807) is 0 Å². The Morgan fingerprint density at radius 3 is 1.76 bits per heavy atom. The van der Waals surface area contributed by atoms with E-state index in [-0.39, 0.29) is 5.41 Å². The molecule has 0 amide bonds. The van der Waals surface area contributed by atoms with Gasteiger partial charge in [-0.1, -0.05) is 129 Å². The molecule has 0 atom stereocenters. The molecule has 51 heavy (non-hydrogen) atoms. The van der Waals surface area contributed by atoms with Crippen LogP contribution >= 0.6 is 0 Å². The van der Waals surface area contributed by atoms with E-state index in [0.29, 0.717) is 0 Å². The molecule has 0 saturated heterocycles. The van der Waals surface area contributed by atoms with Crippen molar-refractivity contribution < 1.29 is 0 Å². The van der Waals surface area contributed by atoms with Crippen molar-refractivity contribution in [2.75, 3.05) is 0 Å². The Kier molecular flexibility index (Phi) is 5.76. The van der Waals surface area contributed by atoms with Crippen molar-refractivity contribution in [3.8, 4) is 33.6 Å². The maximum atomic E-state index is 2.45. The summed E-state index contributed by atoms with van der Waals surface area (Å²) in [5.74, 6) is 0. The first-order valence-corrected chi connectivity index (χ1v) is 17.9. The van der Waals surface area contributed by atoms with Crippen LogP contribution in [0.2, 0.25) is 0 Å². The van der Waals surface area contributed by atoms with Gasteiger partial charge in [-0.3, -0.25) is 0 Å². The van der Waals surface area contributed by atoms with Crippen LogP contribution in [0.25, 0.3) is 88.0 Å². The molecule has 0 saturated carbocycles. The van der Waals surface area contributed by atoms with Gasteiger partial charge in [0.2, 0.25) is 0 Å². The van der Waals surface area contributed by atoms with E-state index >= 15 is 0 Å². The van der Waals surface area contributed by atoms with Crippen LogP contribution in [-0.2, 0) is 5.41 Å². The van der Waals surface area contributed by atoms with Gasteiger partial charge in [0, 0.05) is 38.3 Å². The van der Waals surface area contributed by atoms with Gasteiger partial charge in [-0.2, -0.15) is 0 Å². The van der Waals surface area contributed by atoms with Gasteiger partial charge in [-0.25, -0.2) is 0 Å². The Labute approximate surface area is 296 Å². The number of aromatic nitrogens is 2. The largest absolute Gasteiger partial charge is 0.309 e. The van der Waals surface area contributed by atoms with Gasteiger partial charge in [-0.15, -0.1) is 0 Å². The predicted molar refractivity (Wildman–Crippen MR) is 216 cm³/mol. The van der Waals surface area contributed by atoms with Crippen LogP contribution in [0.5, 0.6) is 0 Å². The van der Waals surface area contributed by atoms with Crippen molar-refractivity contribution in [2.45, 2.75) is 19.3 Å². The molecule has 240 valence electrons. The monoisotopic (exact) mass is 650 g/mol. The van der Waals surface area contributed by atoms with Crippen LogP contribution in [0.4, 0.5) is 0 Å². The second-order valence-corrected chi connectivity index (χ2v) is 14.6. The topological polar surface area (TPSA) is 9.86 Å². The molecule has 10 aromatic rings. The van der Waals surface area contributed by atoms with E-state index in [0.717, 1.165) is 0 Å². The quantitative estimate of drug-likeness (QED) is 0.180. The minimum atomic E-state index is -0.0537. The van der Waals surface area contributed by atoms with E-state index in [1.165, 1.54) is 99.1 Å². The average molecular weight is 651 g/mol. The van der Waals surface area contributed by atoms with Gasteiger partial charge < -0.3 is 9.13 Å². The summed E-state index contributed by atoms with van der Waals surface area (Å²) in [5.41, 5.74) is 15.1. The lowest BCUT2D eigenvalue weighted by atomic mass is 9.82. The molecule has 1 aliphatic rings. The van der Waals surface area contributed by atoms with Crippen molar-refractivity contribution in [2.24, 2.45) is 0 Å². The molecule has 2 aromatic heterocycles. The van der Waals surface area contributed by atoms with E-state index in [2.05, 4.69) is 193 Å². The zero-order valence-electron chi connectivity index (χ0n) is 28.6. The summed E-state index contributed by atoms with van der Waals surface area (Å²) in [6.45, 7) is 4.71. The third kappa shape index (κ3) is 3.99. The minimum absolute atomic E-state index is 0.0537. The van der Waals surface area contributed by atoms with Gasteiger partial charge >= 0.3 is 0 Å². The number of hydrogen-bond acceptors (Lipinski definition) is 0. The molecule has 8 aromatic carbocycles. The van der Waals surface area contributed by atoms with Gasteiger partial charge in [0.25, 0.3) is 0 Å². The van der Waals surface area contributed by atoms with Crippen LogP contribution in [0.1, 0.15) is 25.0 Å². The first kappa shape index (κ1) is 28.5. The summed E-state index contributed by atoms with van der Waals surface area (Å²) in [5, 5.41) is 7.57. The van der Waals surface area contributed by atoms with E-state index in [1.807, 2.05) is 0 Å². The lowest BCUT2D eigenvalue weighted by Gasteiger charge is -2.22. The lowest BCUT2D eigenvalue weighted by Crippen LogP contribution is -2.15. The smallest absolute Gasteiger partial charge is 0.0547 e. The molecule has 1 aliphatic carbocycles. The molecule has 0 radical (unpaired) electrons. The summed E-state index contributed by atoms with van der Waals surface area (Å²) in [4.78, 5) is 0. The second-order valence-electron chi connectivity index (χ2n) is 14.6. The first-order chi connectivity index (χ1) is 25.0. The van der Waals surface area contributed by atoms with Crippen LogP contribution in [0.15, 0.2) is 170 Å². The van der Waals surface area contributed by atoms with Gasteiger partial charge in [-0.05, 0) is 98.8 Å². The molecule has 0 unspecified atom stereocenters. The van der Waals surface area contributed by atoms with Crippen molar-refractivity contribution in [3.05, 3.63) is 181 Å². The van der Waals surface area contributed by atoms with Crippen molar-refractivity contribution in [1.82, 2.24) is 9.13 Å². The number of nitrogens with zero attached hydrogens (tertiary/aromatic N) is 2. The predicted octanol–water partition coefficient (Wildman–Crippen LogP) is 13.0. The molecule has 0 fully saturated rings. The molecule has 0 bridgehead atoms. The molecule has 11 rings (SSSR count). The fraction of sp³-hybridized carbons (Fsp3) is 0.0612. The molecular formula is C49H34N2. The molecule has 2 nitrogen and oxygen atoms in total. The average Bonchev–Trinajstić information content (AvgIpc) is 3.77. The minimum Gasteiger partial charge on any atom is -0.309 e. The summed E-state index contributed by atoms with van der Waals surface area (Å²) >= 11 is 0. The van der Waals surface area contributed by atoms with Crippen LogP contribution in [0.3, 0.4) is 0 Å². The molecule has 0 spiro atoms. The summed E-state index contributed by atoms with van der Waals surface area (Å²) in [6.07, 6.45) is 0. The van der Waals surface area contributed by atoms with E-state index in [4.69, 9.17) is 0 Å². The lowest BCUT2D eigenvalue weighted by molar-refractivity contribution is 0.660. The normalized spacial score (nSPS) is 13.5. The Balaban J connectivity index is 1.09. The first-order valence-electron chi connectivity index (χ1n) is 17.9. The Bertz CT molecular complexity index is 3060. The molecule has 2 heteroatoms. The number of fused-ring (bicyclic) bond motifs is 10. The SMILES string of the molecule is CC1(C)c2ccccc2-c2ccc(-n3c4ccccc4c4cc(-c5ccc6c7ccccc7n(-c7ccc8ccccc8c7)c6c5)ccc43)cc21. The number of rotatable bonds is 3. The summed E-state index contributed by atoms with van der Waals surface area (Å²) in [6, 6.07) is 63.0. The fourth-order valence-electron chi connectivity index (χ4n) is 9.01. The molecule has 2 heterocycles. The molecule has 0 N–H and O–H groups in total. The van der Waals surface area contributed by atoms with E-state index < -0.39 is 0 Å². The number of hydrogen-bond donors (Lipinski definition) is 0. The molecular weight excluding hydrogens is 617 g/mol. The maximum absolute atomic E-state index is 2.45. The highest BCUT2D eigenvalue weighted by Gasteiger charge is 2.35. The highest BCUT2D eigenvalue weighted by Crippen LogP contribution is 2.49. The number of para-hydroxylation sites is 2. The summed E-state index contributed by atoms with van der Waals surface area (Å²) < 4.78 is 4.88. The third-order valence-corrected chi connectivity index (χ3v) is 11.5. The Hall–Kier alpha value is -6.38. The summed E-state index contributed by atoms with van der Waals surface area (Å²) in [7, 11) is 0. The van der Waals surface area contributed by atoms with Crippen molar-refractivity contribution in [3.63, 3.8) is 0 Å². The van der Waals surface area contributed by atoms with Crippen molar-refractivity contribution >= 4 is 54.4 Å². The molecule has 0 aliphatic heterocycles. The highest BCUT2D eigenvalue weighted by atomic mass is 15.0. The Morgan fingerprint density at radius 2 is 0.922 bits per heavy atom. The third-order valence-electron chi connectivity index (χ3n) is 11.5. The zero-order valence-corrected chi connectivity index (χ0v) is 28.6. The van der Waals surface area contributed by atoms with Crippen LogP contribution < -0.4 is 0 Å². The Morgan fingerprint density at radius 1 is 0.353 bits per heavy atom. The van der Waals surface area contributed by atoms with E-state index in [9.17, 15) is 0 Å². The van der Waals surface area contributed by atoms with Gasteiger partial charge in [0.05, 0.1) is 22.1 Å². The van der Waals surface area contributed by atoms with Crippen molar-refractivity contribution in [1.29, 1.82) is 0 Å². The van der Waals surface area contributed by atoms with Gasteiger partial charge in [0.1, 0.15) is 0 Å².